The van der Waals surface area contributed by atoms with Crippen LogP contribution < -0.4 is 0 Å². The summed E-state index contributed by atoms with van der Waals surface area (Å²) in [6.07, 6.45) is 3.71. The summed E-state index contributed by atoms with van der Waals surface area (Å²) in [5.74, 6) is 0.880. The number of para-hydroxylation sites is 1. The van der Waals surface area contributed by atoms with E-state index in [0.717, 1.165) is 87.0 Å². The molecule has 1 N–H and O–H groups in total. The molecule has 0 bridgehead atoms. The first-order valence-electron chi connectivity index (χ1n) is 18.7. The molecule has 0 unspecified atom stereocenters. The molecule has 4 aromatic heterocycles. The van der Waals surface area contributed by atoms with E-state index in [4.69, 9.17) is 19.9 Å². The number of imidazole rings is 1. The Hall–Kier alpha value is -6.01. The number of hydrogen-bond acceptors (Lipinski definition) is 6. The van der Waals surface area contributed by atoms with Gasteiger partial charge in [-0.25, -0.2) is 9.97 Å². The van der Waals surface area contributed by atoms with Crippen molar-refractivity contribution >= 4 is 53.6 Å². The van der Waals surface area contributed by atoms with E-state index in [1.54, 1.807) is 11.3 Å². The fraction of sp³-hybridized carbons (Fsp3) is 0.102. The smallest absolute Gasteiger partial charge is 0.146 e. The van der Waals surface area contributed by atoms with Crippen molar-refractivity contribution in [2.75, 3.05) is 0 Å². The minimum Gasteiger partial charge on any atom is -0.506 e. The van der Waals surface area contributed by atoms with Crippen molar-refractivity contribution in [3.63, 3.8) is 0 Å². The number of phenolic OH excluding ortho intramolecular Hbond substituents is 1. The number of rotatable bonds is 5. The van der Waals surface area contributed by atoms with Gasteiger partial charge in [-0.1, -0.05) is 114 Å². The maximum absolute atomic E-state index is 12.3. The summed E-state index contributed by atoms with van der Waals surface area (Å²) in [7, 11) is 0. The molecule has 0 spiro atoms. The van der Waals surface area contributed by atoms with Gasteiger partial charge < -0.3 is 9.67 Å². The summed E-state index contributed by atoms with van der Waals surface area (Å²) < 4.78 is 3.16. The first-order valence-corrected chi connectivity index (χ1v) is 19.5. The number of aromatic hydroxyl groups is 1. The molecular formula is C49H36N5OPtS-. The van der Waals surface area contributed by atoms with Crippen molar-refractivity contribution in [3.05, 3.63) is 151 Å². The van der Waals surface area contributed by atoms with Crippen LogP contribution in [-0.4, -0.2) is 29.6 Å². The van der Waals surface area contributed by atoms with Crippen LogP contribution in [0.5, 0.6) is 5.75 Å². The first kappa shape index (κ1) is 36.6. The van der Waals surface area contributed by atoms with Crippen molar-refractivity contribution in [3.8, 4) is 61.9 Å². The molecule has 57 heavy (non-hydrogen) atoms. The Bertz CT molecular complexity index is 3150. The van der Waals surface area contributed by atoms with Gasteiger partial charge in [0.1, 0.15) is 21.9 Å². The predicted molar refractivity (Wildman–Crippen MR) is 231 cm³/mol. The minimum atomic E-state index is -0.396. The normalized spacial score (nSPS) is 11.8. The number of pyridine rings is 1. The molecule has 0 amide bonds. The number of aryl methyl sites for hydroxylation is 1. The molecule has 4 heterocycles. The van der Waals surface area contributed by atoms with Crippen LogP contribution in [0.4, 0.5) is 0 Å². The number of phenols is 1. The SMILES string of the molecule is Cc1ccc(-c2ccnc(-c3[c-]c(-c4cccc5c4nc(-c4c(O)c6ccccc6c6c4sc4nc(-c7ccccc7)cnc46)n5C(C)(C)C)ccc3)c2)cc1.[Pt]. The third kappa shape index (κ3) is 6.22. The van der Waals surface area contributed by atoms with Crippen LogP contribution in [0, 0.1) is 13.0 Å². The Labute approximate surface area is 348 Å². The van der Waals surface area contributed by atoms with Crippen LogP contribution in [0.15, 0.2) is 140 Å². The van der Waals surface area contributed by atoms with Crippen molar-refractivity contribution in [2.45, 2.75) is 33.2 Å². The second-order valence-corrected chi connectivity index (χ2v) is 16.2. The van der Waals surface area contributed by atoms with Crippen LogP contribution in [0.3, 0.4) is 0 Å². The molecule has 8 heteroatoms. The second-order valence-electron chi connectivity index (χ2n) is 15.2. The average molecular weight is 938 g/mol. The van der Waals surface area contributed by atoms with Crippen molar-refractivity contribution in [1.82, 2.24) is 24.5 Å². The molecule has 0 aliphatic rings. The Morgan fingerprint density at radius 3 is 2.19 bits per heavy atom. The number of benzene rings is 6. The molecule has 0 saturated carbocycles. The average Bonchev–Trinajstić information content (AvgIpc) is 3.81. The van der Waals surface area contributed by atoms with Gasteiger partial charge >= 0.3 is 0 Å². The maximum atomic E-state index is 12.3. The van der Waals surface area contributed by atoms with Gasteiger partial charge in [-0.15, -0.1) is 41.2 Å². The summed E-state index contributed by atoms with van der Waals surface area (Å²) in [5.41, 5.74) is 11.8. The summed E-state index contributed by atoms with van der Waals surface area (Å²) in [6, 6.07) is 47.0. The Kier molecular flexibility index (Phi) is 9.11. The zero-order valence-electron chi connectivity index (χ0n) is 31.7. The number of fused-ring (bicyclic) bond motifs is 6. The van der Waals surface area contributed by atoms with E-state index < -0.39 is 5.54 Å². The molecular weight excluding hydrogens is 902 g/mol. The third-order valence-corrected chi connectivity index (χ3v) is 11.6. The number of aromatic nitrogens is 5. The summed E-state index contributed by atoms with van der Waals surface area (Å²) in [5, 5.41) is 15.0. The van der Waals surface area contributed by atoms with Gasteiger partial charge in [-0.2, -0.15) is 0 Å². The molecule has 6 nitrogen and oxygen atoms in total. The zero-order valence-corrected chi connectivity index (χ0v) is 34.8. The summed E-state index contributed by atoms with van der Waals surface area (Å²) >= 11 is 1.55. The molecule has 0 saturated heterocycles. The van der Waals surface area contributed by atoms with Crippen molar-refractivity contribution in [1.29, 1.82) is 0 Å². The van der Waals surface area contributed by atoms with E-state index >= 15 is 0 Å². The van der Waals surface area contributed by atoms with E-state index in [-0.39, 0.29) is 26.8 Å². The monoisotopic (exact) mass is 937 g/mol. The van der Waals surface area contributed by atoms with Gasteiger partial charge in [-0.05, 0) is 56.3 Å². The fourth-order valence-corrected chi connectivity index (χ4v) is 9.03. The van der Waals surface area contributed by atoms with Gasteiger partial charge in [-0.3, -0.25) is 9.97 Å². The van der Waals surface area contributed by atoms with E-state index in [2.05, 4.69) is 111 Å². The standard InChI is InChI=1S/C49H36N5OS.Pt/c1-29-20-22-30(23-21-29)32-24-25-50-38(27-32)34-15-10-14-33(26-34)35-18-11-19-40-43(35)53-47(54(40)49(2,3)4)42-45(55)37-17-9-8-16-36(37)41-44-48(56-46(41)42)52-39(28-51-44)31-12-6-5-7-13-31;/h5-25,27-28,55H,1-4H3;/q-1;. The zero-order chi connectivity index (χ0) is 38.1. The molecule has 280 valence electrons. The molecule has 0 radical (unpaired) electrons. The molecule has 0 fully saturated rings. The van der Waals surface area contributed by atoms with Gasteiger partial charge in [0.05, 0.1) is 33.2 Å². The predicted octanol–water partition coefficient (Wildman–Crippen LogP) is 12.6. The van der Waals surface area contributed by atoms with E-state index in [1.165, 1.54) is 5.56 Å². The van der Waals surface area contributed by atoms with E-state index in [1.807, 2.05) is 67.0 Å². The Morgan fingerprint density at radius 2 is 1.40 bits per heavy atom. The quantitative estimate of drug-likeness (QED) is 0.174. The molecule has 0 atom stereocenters. The number of hydrogen-bond donors (Lipinski definition) is 1. The van der Waals surface area contributed by atoms with Crippen molar-refractivity contribution in [2.24, 2.45) is 0 Å². The van der Waals surface area contributed by atoms with Crippen LogP contribution in [0.2, 0.25) is 0 Å². The summed E-state index contributed by atoms with van der Waals surface area (Å²) in [4.78, 5) is 21.2. The number of nitrogens with zero attached hydrogens (tertiary/aromatic N) is 5. The van der Waals surface area contributed by atoms with Crippen LogP contribution >= 0.6 is 11.3 Å². The van der Waals surface area contributed by atoms with Crippen LogP contribution in [0.1, 0.15) is 26.3 Å². The maximum Gasteiger partial charge on any atom is 0.146 e. The van der Waals surface area contributed by atoms with Gasteiger partial charge in [0, 0.05) is 54.8 Å². The first-order chi connectivity index (χ1) is 27.2. The Balaban J connectivity index is 0.00000422. The topological polar surface area (TPSA) is 76.7 Å². The van der Waals surface area contributed by atoms with Crippen molar-refractivity contribution < 1.29 is 26.2 Å². The fourth-order valence-electron chi connectivity index (χ4n) is 7.84. The Morgan fingerprint density at radius 1 is 0.667 bits per heavy atom. The molecule has 0 aliphatic heterocycles. The van der Waals surface area contributed by atoms with Crippen LogP contribution in [-0.2, 0) is 26.6 Å². The largest absolute Gasteiger partial charge is 0.506 e. The van der Waals surface area contributed by atoms with Crippen LogP contribution in [0.25, 0.3) is 98.4 Å². The van der Waals surface area contributed by atoms with Gasteiger partial charge in [0.15, 0.2) is 0 Å². The van der Waals surface area contributed by atoms with Gasteiger partial charge in [0.2, 0.25) is 0 Å². The third-order valence-electron chi connectivity index (χ3n) is 10.5. The van der Waals surface area contributed by atoms with Gasteiger partial charge in [0.25, 0.3) is 0 Å². The molecule has 10 rings (SSSR count). The minimum absolute atomic E-state index is 0. The molecule has 0 aliphatic carbocycles. The molecule has 6 aromatic carbocycles. The van der Waals surface area contributed by atoms with E-state index in [9.17, 15) is 5.11 Å². The van der Waals surface area contributed by atoms with E-state index in [0.29, 0.717) is 11.4 Å². The second kappa shape index (κ2) is 14.2. The number of thiophene rings is 1. The molecule has 10 aromatic rings. The summed E-state index contributed by atoms with van der Waals surface area (Å²) in [6.45, 7) is 8.64.